The second-order valence-corrected chi connectivity index (χ2v) is 8.77. The molecule has 1 atom stereocenters. The third kappa shape index (κ3) is 8.61. The van der Waals surface area contributed by atoms with Crippen molar-refractivity contribution in [2.75, 3.05) is 13.2 Å². The molecule has 220 valence electrons. The Hall–Kier alpha value is -4.27. The predicted octanol–water partition coefficient (Wildman–Crippen LogP) is 5.02. The number of carbonyl (C=O) groups excluding carboxylic acids is 2. The van der Waals surface area contributed by atoms with Crippen LogP contribution in [0.3, 0.4) is 0 Å². The van der Waals surface area contributed by atoms with Crippen molar-refractivity contribution < 1.29 is 40.7 Å². The lowest BCUT2D eigenvalue weighted by molar-refractivity contribution is -0.139. The first kappa shape index (κ1) is 31.3. The number of halogens is 7. The van der Waals surface area contributed by atoms with Crippen LogP contribution in [0.15, 0.2) is 59.4 Å². The van der Waals surface area contributed by atoms with Crippen molar-refractivity contribution in [2.45, 2.75) is 31.9 Å². The predicted molar refractivity (Wildman–Crippen MR) is 136 cm³/mol. The first-order valence-corrected chi connectivity index (χ1v) is 12.1. The first-order valence-electron chi connectivity index (χ1n) is 11.8. The van der Waals surface area contributed by atoms with Crippen molar-refractivity contribution in [3.63, 3.8) is 0 Å². The van der Waals surface area contributed by atoms with Crippen molar-refractivity contribution in [3.05, 3.63) is 81.2 Å². The molecule has 41 heavy (non-hydrogen) atoms. The van der Waals surface area contributed by atoms with Gasteiger partial charge in [-0.25, -0.2) is 18.8 Å². The van der Waals surface area contributed by atoms with Gasteiger partial charge in [0.25, 0.3) is 0 Å². The summed E-state index contributed by atoms with van der Waals surface area (Å²) in [5.74, 6) is -1.31. The minimum Gasteiger partial charge on any atom is -0.447 e. The summed E-state index contributed by atoms with van der Waals surface area (Å²) >= 11 is 5.85. The summed E-state index contributed by atoms with van der Waals surface area (Å²) in [7, 11) is 0. The van der Waals surface area contributed by atoms with E-state index >= 15 is 0 Å². The lowest BCUT2D eigenvalue weighted by atomic mass is 10.00. The van der Waals surface area contributed by atoms with Crippen molar-refractivity contribution in [2.24, 2.45) is 0 Å². The van der Waals surface area contributed by atoms with Gasteiger partial charge in [-0.15, -0.1) is 5.10 Å². The molecule has 3 rings (SSSR count). The molecule has 1 aromatic heterocycles. The van der Waals surface area contributed by atoms with E-state index in [0.29, 0.717) is 20.5 Å². The van der Waals surface area contributed by atoms with E-state index in [0.717, 1.165) is 18.2 Å². The fraction of sp³-hybridized carbons (Fsp3) is 0.280. The van der Waals surface area contributed by atoms with Crippen LogP contribution in [-0.2, 0) is 22.3 Å². The fourth-order valence-corrected chi connectivity index (χ4v) is 3.74. The Morgan fingerprint density at radius 1 is 1.07 bits per heavy atom. The number of ether oxygens (including phenoxy) is 1. The molecule has 1 heterocycles. The van der Waals surface area contributed by atoms with E-state index in [9.17, 15) is 40.7 Å². The molecule has 0 saturated carbocycles. The molecule has 2 amide bonds. The minimum atomic E-state index is -4.82. The number of rotatable bonds is 9. The number of amides is 2. The molecule has 0 fully saturated rings. The van der Waals surface area contributed by atoms with Crippen LogP contribution in [-0.4, -0.2) is 45.7 Å². The fourth-order valence-electron chi connectivity index (χ4n) is 3.61. The highest BCUT2D eigenvalue weighted by Gasteiger charge is 2.36. The maximum atomic E-state index is 13.7. The van der Waals surface area contributed by atoms with Gasteiger partial charge in [0.1, 0.15) is 13.2 Å². The van der Waals surface area contributed by atoms with E-state index in [4.69, 9.17) is 16.3 Å². The van der Waals surface area contributed by atoms with E-state index in [-0.39, 0.29) is 24.0 Å². The number of nitrogens with zero attached hydrogens (tertiary/aromatic N) is 3. The molecule has 16 heteroatoms. The average molecular weight is 606 g/mol. The quantitative estimate of drug-likeness (QED) is 0.333. The lowest BCUT2D eigenvalue weighted by Crippen LogP contribution is -2.38. The van der Waals surface area contributed by atoms with Crippen LogP contribution in [0.1, 0.15) is 24.1 Å². The molecule has 2 N–H and O–H groups in total. The SMILES string of the molecule is CCNC(=O)OCC(NC(=O)Cn1nc(-c2ccc(Cl)cc2)n(C=CC(F)(F)F)c1=O)c1ccccc1C(F)(F)F. The Labute approximate surface area is 233 Å². The van der Waals surface area contributed by atoms with Gasteiger partial charge in [0.15, 0.2) is 5.82 Å². The van der Waals surface area contributed by atoms with E-state index in [1.54, 1.807) is 6.92 Å². The second kappa shape index (κ2) is 12.9. The van der Waals surface area contributed by atoms with Gasteiger partial charge in [0.2, 0.25) is 5.91 Å². The summed E-state index contributed by atoms with van der Waals surface area (Å²) in [5.41, 5.74) is -2.49. The minimum absolute atomic E-state index is 0.166. The molecule has 0 aliphatic carbocycles. The van der Waals surface area contributed by atoms with Gasteiger partial charge in [0.05, 0.1) is 11.6 Å². The van der Waals surface area contributed by atoms with Gasteiger partial charge in [0, 0.05) is 29.4 Å². The Bertz CT molecular complexity index is 1460. The maximum Gasteiger partial charge on any atom is 0.416 e. The van der Waals surface area contributed by atoms with Gasteiger partial charge < -0.3 is 15.4 Å². The third-order valence-corrected chi connectivity index (χ3v) is 5.61. The molecule has 1 unspecified atom stereocenters. The zero-order valence-corrected chi connectivity index (χ0v) is 21.8. The maximum absolute atomic E-state index is 13.7. The summed E-state index contributed by atoms with van der Waals surface area (Å²) < 4.78 is 85.6. The monoisotopic (exact) mass is 605 g/mol. The van der Waals surface area contributed by atoms with E-state index in [1.807, 2.05) is 0 Å². The van der Waals surface area contributed by atoms with E-state index < -0.39 is 60.4 Å². The largest absolute Gasteiger partial charge is 0.447 e. The molecule has 0 bridgehead atoms. The first-order chi connectivity index (χ1) is 19.2. The van der Waals surface area contributed by atoms with Crippen molar-refractivity contribution >= 4 is 29.8 Å². The standard InChI is InChI=1S/C25H22ClF6N5O4/c1-2-33-22(39)41-14-19(17-5-3-4-6-18(17)25(30,31)32)34-20(38)13-37-23(40)36(12-11-24(27,28)29)21(35-37)15-7-9-16(26)10-8-15/h3-12,19H,2,13-14H2,1H3,(H,33,39)(H,34,38). The Kier molecular flexibility index (Phi) is 9.86. The number of hydrogen-bond donors (Lipinski definition) is 2. The van der Waals surface area contributed by atoms with Crippen LogP contribution >= 0.6 is 11.6 Å². The number of allylic oxidation sites excluding steroid dienone is 1. The van der Waals surface area contributed by atoms with Crippen LogP contribution in [0.25, 0.3) is 17.6 Å². The summed E-state index contributed by atoms with van der Waals surface area (Å²) in [4.78, 5) is 37.6. The number of benzene rings is 2. The van der Waals surface area contributed by atoms with Crippen LogP contribution in [0.2, 0.25) is 5.02 Å². The number of hydrogen-bond acceptors (Lipinski definition) is 5. The van der Waals surface area contributed by atoms with Crippen molar-refractivity contribution in [1.29, 1.82) is 0 Å². The Morgan fingerprint density at radius 3 is 2.34 bits per heavy atom. The van der Waals surface area contributed by atoms with Crippen molar-refractivity contribution in [1.82, 2.24) is 25.0 Å². The Morgan fingerprint density at radius 2 is 1.73 bits per heavy atom. The number of aromatic nitrogens is 3. The van der Waals surface area contributed by atoms with Crippen molar-refractivity contribution in [3.8, 4) is 11.4 Å². The topological polar surface area (TPSA) is 107 Å². The molecule has 3 aromatic rings. The molecule has 0 spiro atoms. The lowest BCUT2D eigenvalue weighted by Gasteiger charge is -2.22. The summed E-state index contributed by atoms with van der Waals surface area (Å²) in [6.45, 7) is 0.147. The molecule has 9 nitrogen and oxygen atoms in total. The van der Waals surface area contributed by atoms with Crippen LogP contribution in [0, 0.1) is 0 Å². The van der Waals surface area contributed by atoms with Gasteiger partial charge in [-0.2, -0.15) is 26.3 Å². The van der Waals surface area contributed by atoms with Gasteiger partial charge in [-0.3, -0.25) is 4.79 Å². The highest BCUT2D eigenvalue weighted by molar-refractivity contribution is 6.30. The van der Waals surface area contributed by atoms with Gasteiger partial charge in [-0.1, -0.05) is 29.8 Å². The number of carbonyl (C=O) groups is 2. The highest BCUT2D eigenvalue weighted by Crippen LogP contribution is 2.34. The molecule has 0 saturated heterocycles. The summed E-state index contributed by atoms with van der Waals surface area (Å²) in [6.07, 6.45) is -10.3. The molecule has 0 aliphatic rings. The Balaban J connectivity index is 1.96. The van der Waals surface area contributed by atoms with Gasteiger partial charge >= 0.3 is 24.1 Å². The third-order valence-electron chi connectivity index (χ3n) is 5.36. The molecule has 0 radical (unpaired) electrons. The zero-order valence-electron chi connectivity index (χ0n) is 21.1. The molecular weight excluding hydrogens is 584 g/mol. The number of nitrogens with one attached hydrogen (secondary N) is 2. The molecule has 0 aliphatic heterocycles. The normalized spacial score (nSPS) is 12.8. The summed E-state index contributed by atoms with van der Waals surface area (Å²) in [6, 6.07) is 8.34. The number of alkyl halides is 6. The van der Waals surface area contributed by atoms with E-state index in [2.05, 4.69) is 15.7 Å². The average Bonchev–Trinajstić information content (AvgIpc) is 3.19. The number of alkyl carbamates (subject to hydrolysis) is 1. The smallest absolute Gasteiger partial charge is 0.416 e. The van der Waals surface area contributed by atoms with E-state index in [1.165, 1.54) is 30.3 Å². The van der Waals surface area contributed by atoms with Gasteiger partial charge in [-0.05, 0) is 42.8 Å². The molecular formula is C25H22ClF6N5O4. The van der Waals surface area contributed by atoms with Crippen LogP contribution in [0.5, 0.6) is 0 Å². The second-order valence-electron chi connectivity index (χ2n) is 8.33. The van der Waals surface area contributed by atoms with Crippen LogP contribution in [0.4, 0.5) is 31.1 Å². The molecule has 2 aromatic carbocycles. The summed E-state index contributed by atoms with van der Waals surface area (Å²) in [5, 5.41) is 8.84. The highest BCUT2D eigenvalue weighted by atomic mass is 35.5. The zero-order chi connectivity index (χ0) is 30.4. The van der Waals surface area contributed by atoms with Crippen LogP contribution < -0.4 is 16.3 Å².